The standard InChI is InChI=1S/C33H30Cl5F2N3O6/c1-31(2,3)48-29(46)43(30(47)49-32(4,5)6)26-21(39)9-10-22(25(26)40)42-27(44)19-14-18(7-8-20(19)36)41-28(45)24-23(33(24,37)38)15-11-16(34)13-17(35)12-15/h7-14,23-24H,1-6H3,(H,41,45)(H,42,44)/t23-,24+/m1/s1. The van der Waals surface area contributed by atoms with E-state index in [1.807, 2.05) is 0 Å². The summed E-state index contributed by atoms with van der Waals surface area (Å²) in [5, 5.41) is 5.46. The zero-order valence-electron chi connectivity index (χ0n) is 26.8. The summed E-state index contributed by atoms with van der Waals surface area (Å²) in [6.07, 6.45) is -2.85. The first-order valence-corrected chi connectivity index (χ1v) is 16.4. The lowest BCUT2D eigenvalue weighted by molar-refractivity contribution is -0.117. The van der Waals surface area contributed by atoms with Crippen LogP contribution in [-0.4, -0.2) is 39.5 Å². The molecule has 0 radical (unpaired) electrons. The number of benzene rings is 3. The highest BCUT2D eigenvalue weighted by molar-refractivity contribution is 6.53. The van der Waals surface area contributed by atoms with Crippen LogP contribution in [0.3, 0.4) is 0 Å². The lowest BCUT2D eigenvalue weighted by atomic mass is 10.1. The van der Waals surface area contributed by atoms with Crippen LogP contribution < -0.4 is 15.5 Å². The second-order valence-corrected chi connectivity index (χ2v) is 15.7. The molecule has 0 bridgehead atoms. The number of ether oxygens (including phenoxy) is 2. The van der Waals surface area contributed by atoms with Gasteiger partial charge in [0.2, 0.25) is 5.91 Å². The molecule has 4 amide bonds. The topological polar surface area (TPSA) is 114 Å². The maximum Gasteiger partial charge on any atom is 0.424 e. The molecule has 2 atom stereocenters. The van der Waals surface area contributed by atoms with Crippen molar-refractivity contribution >= 4 is 99.1 Å². The summed E-state index contributed by atoms with van der Waals surface area (Å²) in [5.41, 5.74) is -3.66. The molecule has 49 heavy (non-hydrogen) atoms. The lowest BCUT2D eigenvalue weighted by Crippen LogP contribution is -2.44. The smallest absolute Gasteiger partial charge is 0.424 e. The van der Waals surface area contributed by atoms with Gasteiger partial charge in [0.1, 0.15) is 21.2 Å². The molecule has 0 unspecified atom stereocenters. The normalized spacial score (nSPS) is 16.8. The molecular formula is C33H30Cl5F2N3O6. The van der Waals surface area contributed by atoms with Crippen LogP contribution in [-0.2, 0) is 14.3 Å². The van der Waals surface area contributed by atoms with E-state index < -0.39 is 74.4 Å². The fraction of sp³-hybridized carbons (Fsp3) is 0.333. The average molecular weight is 780 g/mol. The number of amides is 4. The minimum Gasteiger partial charge on any atom is -0.443 e. The van der Waals surface area contributed by atoms with Crippen molar-refractivity contribution in [1.82, 2.24) is 0 Å². The van der Waals surface area contributed by atoms with E-state index in [9.17, 15) is 19.2 Å². The summed E-state index contributed by atoms with van der Waals surface area (Å²) in [7, 11) is 0. The predicted molar refractivity (Wildman–Crippen MR) is 186 cm³/mol. The minimum atomic E-state index is -1.49. The first kappa shape index (κ1) is 38.5. The van der Waals surface area contributed by atoms with E-state index in [0.717, 1.165) is 12.1 Å². The largest absolute Gasteiger partial charge is 0.443 e. The number of nitrogens with zero attached hydrogens (tertiary/aromatic N) is 1. The fourth-order valence-corrected chi connectivity index (χ4v) is 6.30. The van der Waals surface area contributed by atoms with Gasteiger partial charge in [0.15, 0.2) is 11.6 Å². The number of halogens is 7. The summed E-state index contributed by atoms with van der Waals surface area (Å²) in [5.74, 6) is -5.95. The molecule has 2 N–H and O–H groups in total. The summed E-state index contributed by atoms with van der Waals surface area (Å²) in [6, 6.07) is 10.2. The number of carbonyl (C=O) groups excluding carboxylic acids is 4. The summed E-state index contributed by atoms with van der Waals surface area (Å²) in [4.78, 5) is 52.7. The van der Waals surface area contributed by atoms with Crippen molar-refractivity contribution in [2.24, 2.45) is 5.92 Å². The molecule has 3 aromatic carbocycles. The van der Waals surface area contributed by atoms with Gasteiger partial charge in [-0.2, -0.15) is 4.90 Å². The molecule has 1 aliphatic carbocycles. The van der Waals surface area contributed by atoms with Crippen LogP contribution in [0.5, 0.6) is 0 Å². The fourth-order valence-electron chi connectivity index (χ4n) is 4.72. The maximum atomic E-state index is 15.9. The molecule has 3 aromatic rings. The molecule has 9 nitrogen and oxygen atoms in total. The molecule has 1 fully saturated rings. The number of hydrogen-bond acceptors (Lipinski definition) is 6. The quantitative estimate of drug-likeness (QED) is 0.241. The molecule has 1 saturated carbocycles. The number of imide groups is 1. The maximum absolute atomic E-state index is 15.9. The van der Waals surface area contributed by atoms with Gasteiger partial charge in [-0.25, -0.2) is 18.4 Å². The van der Waals surface area contributed by atoms with Crippen LogP contribution in [0.4, 0.5) is 35.4 Å². The van der Waals surface area contributed by atoms with Crippen LogP contribution >= 0.6 is 58.0 Å². The number of rotatable bonds is 6. The van der Waals surface area contributed by atoms with E-state index in [1.54, 1.807) is 12.1 Å². The van der Waals surface area contributed by atoms with E-state index in [1.165, 1.54) is 65.8 Å². The van der Waals surface area contributed by atoms with Gasteiger partial charge in [0.05, 0.1) is 22.2 Å². The SMILES string of the molecule is CC(C)(C)OC(=O)N(C(=O)OC(C)(C)C)c1c(F)ccc(NC(=O)c2cc(NC(=O)[C@@H]3[C@@H](c4cc(Cl)cc(Cl)c4)C3(Cl)Cl)ccc2Cl)c1F. The van der Waals surface area contributed by atoms with E-state index in [4.69, 9.17) is 67.5 Å². The second-order valence-electron chi connectivity index (χ2n) is 13.0. The van der Waals surface area contributed by atoms with Crippen LogP contribution in [0.1, 0.15) is 63.4 Å². The summed E-state index contributed by atoms with van der Waals surface area (Å²) >= 11 is 31.4. The molecule has 4 rings (SSSR count). The molecule has 0 aromatic heterocycles. The van der Waals surface area contributed by atoms with Gasteiger partial charge in [0, 0.05) is 21.7 Å². The van der Waals surface area contributed by atoms with Gasteiger partial charge in [-0.3, -0.25) is 9.59 Å². The number of carbonyl (C=O) groups is 4. The Morgan fingerprint density at radius 2 is 1.35 bits per heavy atom. The van der Waals surface area contributed by atoms with Crippen molar-refractivity contribution < 1.29 is 37.4 Å². The Kier molecular flexibility index (Phi) is 11.1. The number of anilines is 3. The van der Waals surface area contributed by atoms with Crippen molar-refractivity contribution in [3.8, 4) is 0 Å². The van der Waals surface area contributed by atoms with E-state index in [2.05, 4.69) is 10.6 Å². The number of hydrogen-bond donors (Lipinski definition) is 2. The number of nitrogens with one attached hydrogen (secondary N) is 2. The van der Waals surface area contributed by atoms with E-state index in [-0.39, 0.29) is 21.2 Å². The van der Waals surface area contributed by atoms with Crippen molar-refractivity contribution in [2.75, 3.05) is 15.5 Å². The average Bonchev–Trinajstić information content (AvgIpc) is 3.52. The van der Waals surface area contributed by atoms with Gasteiger partial charge in [-0.05, 0) is 95.6 Å². The van der Waals surface area contributed by atoms with Gasteiger partial charge < -0.3 is 20.1 Å². The van der Waals surface area contributed by atoms with Crippen LogP contribution in [0.15, 0.2) is 48.5 Å². The third-order valence-electron chi connectivity index (χ3n) is 6.75. The molecule has 0 heterocycles. The Balaban J connectivity index is 1.60. The van der Waals surface area contributed by atoms with Crippen LogP contribution in [0.25, 0.3) is 0 Å². The molecule has 0 spiro atoms. The Bertz CT molecular complexity index is 1800. The Labute approximate surface area is 306 Å². The number of alkyl halides is 2. The third kappa shape index (κ3) is 9.07. The Morgan fingerprint density at radius 1 is 0.796 bits per heavy atom. The van der Waals surface area contributed by atoms with Crippen LogP contribution in [0, 0.1) is 17.6 Å². The van der Waals surface area contributed by atoms with Gasteiger partial charge in [0.25, 0.3) is 5.91 Å². The van der Waals surface area contributed by atoms with Crippen molar-refractivity contribution in [3.63, 3.8) is 0 Å². The molecule has 0 aliphatic heterocycles. The monoisotopic (exact) mass is 777 g/mol. The van der Waals surface area contributed by atoms with Gasteiger partial charge in [-0.15, -0.1) is 23.2 Å². The van der Waals surface area contributed by atoms with E-state index >= 15 is 8.78 Å². The van der Waals surface area contributed by atoms with Gasteiger partial charge in [-0.1, -0.05) is 34.8 Å². The molecular weight excluding hydrogens is 750 g/mol. The molecule has 262 valence electrons. The zero-order valence-corrected chi connectivity index (χ0v) is 30.6. The Hall–Kier alpha value is -3.35. The van der Waals surface area contributed by atoms with E-state index in [0.29, 0.717) is 15.6 Å². The highest BCUT2D eigenvalue weighted by atomic mass is 35.5. The highest BCUT2D eigenvalue weighted by Crippen LogP contribution is 2.65. The third-order valence-corrected chi connectivity index (χ3v) is 8.46. The molecule has 16 heteroatoms. The van der Waals surface area contributed by atoms with Crippen LogP contribution in [0.2, 0.25) is 15.1 Å². The second kappa shape index (κ2) is 14.1. The van der Waals surface area contributed by atoms with Crippen molar-refractivity contribution in [1.29, 1.82) is 0 Å². The summed E-state index contributed by atoms with van der Waals surface area (Å²) < 4.78 is 40.1. The first-order chi connectivity index (χ1) is 22.5. The first-order valence-electron chi connectivity index (χ1n) is 14.5. The predicted octanol–water partition coefficient (Wildman–Crippen LogP) is 10.4. The van der Waals surface area contributed by atoms with Crippen molar-refractivity contribution in [3.05, 3.63) is 86.4 Å². The molecule has 0 saturated heterocycles. The Morgan fingerprint density at radius 3 is 1.88 bits per heavy atom. The van der Waals surface area contributed by atoms with Gasteiger partial charge >= 0.3 is 12.2 Å². The summed E-state index contributed by atoms with van der Waals surface area (Å²) in [6.45, 7) is 8.93. The lowest BCUT2D eigenvalue weighted by Gasteiger charge is -2.29. The zero-order chi connectivity index (χ0) is 36.8. The molecule has 1 aliphatic rings. The minimum absolute atomic E-state index is 0.0657. The highest BCUT2D eigenvalue weighted by Gasteiger charge is 2.67. The van der Waals surface area contributed by atoms with Crippen molar-refractivity contribution in [2.45, 2.75) is 63.0 Å².